The van der Waals surface area contributed by atoms with Gasteiger partial charge >= 0.3 is 0 Å². The SMILES string of the molecule is CC(C)(C)c1ccc(CC(=O)NS(=O)(=O)CC2CCCC(F)C2)cc1. The largest absolute Gasteiger partial charge is 0.274 e. The van der Waals surface area contributed by atoms with Crippen LogP contribution < -0.4 is 4.72 Å². The van der Waals surface area contributed by atoms with E-state index in [9.17, 15) is 17.6 Å². The first-order valence-electron chi connectivity index (χ1n) is 8.82. The highest BCUT2D eigenvalue weighted by Crippen LogP contribution is 2.27. The molecule has 1 N–H and O–H groups in total. The molecule has 2 unspecified atom stereocenters. The molecule has 0 saturated heterocycles. The highest BCUT2D eigenvalue weighted by Gasteiger charge is 2.27. The van der Waals surface area contributed by atoms with Gasteiger partial charge in [0, 0.05) is 0 Å². The zero-order valence-electron chi connectivity index (χ0n) is 15.2. The van der Waals surface area contributed by atoms with E-state index in [-0.39, 0.29) is 29.9 Å². The molecule has 25 heavy (non-hydrogen) atoms. The first-order chi connectivity index (χ1) is 11.5. The first kappa shape index (κ1) is 19.9. The van der Waals surface area contributed by atoms with Crippen LogP contribution in [0.5, 0.6) is 0 Å². The lowest BCUT2D eigenvalue weighted by Gasteiger charge is -2.24. The number of amides is 1. The van der Waals surface area contributed by atoms with E-state index in [1.54, 1.807) is 0 Å². The van der Waals surface area contributed by atoms with Gasteiger partial charge in [-0.15, -0.1) is 0 Å². The second-order valence-electron chi connectivity index (χ2n) is 8.06. The van der Waals surface area contributed by atoms with E-state index in [1.807, 2.05) is 24.3 Å². The van der Waals surface area contributed by atoms with E-state index in [0.717, 1.165) is 11.1 Å². The van der Waals surface area contributed by atoms with Crippen molar-refractivity contribution in [2.45, 2.75) is 64.5 Å². The van der Waals surface area contributed by atoms with Gasteiger partial charge in [-0.05, 0) is 41.7 Å². The summed E-state index contributed by atoms with van der Waals surface area (Å²) in [7, 11) is -3.72. The van der Waals surface area contributed by atoms with Crippen molar-refractivity contribution in [1.29, 1.82) is 0 Å². The second kappa shape index (κ2) is 7.85. The smallest absolute Gasteiger partial charge is 0.237 e. The van der Waals surface area contributed by atoms with Crippen LogP contribution in [0.2, 0.25) is 0 Å². The maximum Gasteiger partial charge on any atom is 0.237 e. The van der Waals surface area contributed by atoms with Crippen LogP contribution in [0.4, 0.5) is 4.39 Å². The van der Waals surface area contributed by atoms with Crippen molar-refractivity contribution < 1.29 is 17.6 Å². The molecule has 0 aromatic heterocycles. The molecule has 6 heteroatoms. The lowest BCUT2D eigenvalue weighted by atomic mass is 9.86. The number of alkyl halides is 1. The molecular weight excluding hydrogens is 341 g/mol. The molecule has 1 amide bonds. The molecule has 140 valence electrons. The molecule has 0 heterocycles. The fraction of sp³-hybridized carbons (Fsp3) is 0.632. The third kappa shape index (κ3) is 6.42. The summed E-state index contributed by atoms with van der Waals surface area (Å²) in [6, 6.07) is 7.62. The maximum atomic E-state index is 13.4. The Kier molecular flexibility index (Phi) is 6.25. The molecular formula is C19H28FNO3S. The summed E-state index contributed by atoms with van der Waals surface area (Å²) >= 11 is 0. The minimum Gasteiger partial charge on any atom is -0.274 e. The topological polar surface area (TPSA) is 63.2 Å². The molecule has 1 aromatic rings. The number of rotatable bonds is 5. The van der Waals surface area contributed by atoms with E-state index in [1.165, 1.54) is 0 Å². The Hall–Kier alpha value is -1.43. The normalized spacial score (nSPS) is 21.8. The zero-order chi connectivity index (χ0) is 18.7. The molecule has 2 atom stereocenters. The average Bonchev–Trinajstić information content (AvgIpc) is 2.45. The van der Waals surface area contributed by atoms with Crippen molar-refractivity contribution in [2.24, 2.45) is 5.92 Å². The Morgan fingerprint density at radius 2 is 1.84 bits per heavy atom. The summed E-state index contributed by atoms with van der Waals surface area (Å²) in [4.78, 5) is 12.1. The molecule has 0 spiro atoms. The van der Waals surface area contributed by atoms with Crippen LogP contribution in [-0.4, -0.2) is 26.2 Å². The minimum atomic E-state index is -3.72. The zero-order valence-corrected chi connectivity index (χ0v) is 16.0. The minimum absolute atomic E-state index is 0.0139. The van der Waals surface area contributed by atoms with Crippen molar-refractivity contribution in [3.8, 4) is 0 Å². The van der Waals surface area contributed by atoms with E-state index < -0.39 is 22.1 Å². The summed E-state index contributed by atoms with van der Waals surface area (Å²) in [5.41, 5.74) is 1.95. The van der Waals surface area contributed by atoms with Crippen molar-refractivity contribution in [1.82, 2.24) is 4.72 Å². The fourth-order valence-electron chi connectivity index (χ4n) is 3.25. The van der Waals surface area contributed by atoms with E-state index >= 15 is 0 Å². The predicted octanol–water partition coefficient (Wildman–Crippen LogP) is 3.50. The van der Waals surface area contributed by atoms with Crippen molar-refractivity contribution in [3.05, 3.63) is 35.4 Å². The summed E-state index contributed by atoms with van der Waals surface area (Å²) < 4.78 is 39.8. The lowest BCUT2D eigenvalue weighted by Crippen LogP contribution is -2.37. The molecule has 1 aromatic carbocycles. The highest BCUT2D eigenvalue weighted by molar-refractivity contribution is 7.90. The fourth-order valence-corrected chi connectivity index (χ4v) is 4.67. The number of hydrogen-bond acceptors (Lipinski definition) is 3. The summed E-state index contributed by atoms with van der Waals surface area (Å²) in [5.74, 6) is -0.932. The summed E-state index contributed by atoms with van der Waals surface area (Å²) in [6.07, 6.45) is 1.27. The molecule has 0 aliphatic heterocycles. The van der Waals surface area contributed by atoms with E-state index in [2.05, 4.69) is 25.5 Å². The number of carbonyl (C=O) groups excluding carboxylic acids is 1. The molecule has 1 aliphatic rings. The van der Waals surface area contributed by atoms with Gasteiger partial charge in [0.25, 0.3) is 0 Å². The van der Waals surface area contributed by atoms with Gasteiger partial charge < -0.3 is 0 Å². The van der Waals surface area contributed by atoms with Crippen LogP contribution in [0.25, 0.3) is 0 Å². The number of hydrogen-bond donors (Lipinski definition) is 1. The molecule has 0 radical (unpaired) electrons. The monoisotopic (exact) mass is 369 g/mol. The van der Waals surface area contributed by atoms with E-state index in [0.29, 0.717) is 19.3 Å². The van der Waals surface area contributed by atoms with Crippen LogP contribution in [0, 0.1) is 5.92 Å². The number of carbonyl (C=O) groups is 1. The summed E-state index contributed by atoms with van der Waals surface area (Å²) in [5, 5.41) is 0. The van der Waals surface area contributed by atoms with E-state index in [4.69, 9.17) is 0 Å². The molecule has 1 saturated carbocycles. The average molecular weight is 370 g/mol. The Bertz CT molecular complexity index is 692. The number of benzene rings is 1. The Morgan fingerprint density at radius 1 is 1.20 bits per heavy atom. The van der Waals surface area contributed by atoms with Crippen molar-refractivity contribution in [3.63, 3.8) is 0 Å². The third-order valence-corrected chi connectivity index (χ3v) is 6.08. The molecule has 4 nitrogen and oxygen atoms in total. The summed E-state index contributed by atoms with van der Waals surface area (Å²) in [6.45, 7) is 6.32. The van der Waals surface area contributed by atoms with Gasteiger partial charge in [0.15, 0.2) is 0 Å². The Balaban J connectivity index is 1.90. The Labute approximate surface area is 150 Å². The van der Waals surface area contributed by atoms with Gasteiger partial charge in [0.05, 0.1) is 12.2 Å². The van der Waals surface area contributed by atoms with Crippen molar-refractivity contribution >= 4 is 15.9 Å². The second-order valence-corrected chi connectivity index (χ2v) is 9.83. The predicted molar refractivity (Wildman–Crippen MR) is 97.6 cm³/mol. The molecule has 1 aliphatic carbocycles. The quantitative estimate of drug-likeness (QED) is 0.864. The Morgan fingerprint density at radius 3 is 2.40 bits per heavy atom. The third-order valence-electron chi connectivity index (χ3n) is 4.63. The van der Waals surface area contributed by atoms with Gasteiger partial charge in [-0.1, -0.05) is 51.5 Å². The van der Waals surface area contributed by atoms with Gasteiger partial charge in [-0.3, -0.25) is 9.52 Å². The van der Waals surface area contributed by atoms with Gasteiger partial charge in [0.1, 0.15) is 6.17 Å². The maximum absolute atomic E-state index is 13.4. The molecule has 0 bridgehead atoms. The molecule has 1 fully saturated rings. The number of halogens is 1. The van der Waals surface area contributed by atoms with Crippen molar-refractivity contribution in [2.75, 3.05) is 5.75 Å². The van der Waals surface area contributed by atoms with Crippen LogP contribution in [0.3, 0.4) is 0 Å². The van der Waals surface area contributed by atoms with Crippen LogP contribution in [0.15, 0.2) is 24.3 Å². The van der Waals surface area contributed by atoms with Crippen LogP contribution in [-0.2, 0) is 26.7 Å². The van der Waals surface area contributed by atoms with Gasteiger partial charge in [-0.25, -0.2) is 12.8 Å². The number of sulfonamides is 1. The lowest BCUT2D eigenvalue weighted by molar-refractivity contribution is -0.118. The standard InChI is InChI=1S/C19H28FNO3S/c1-19(2,3)16-9-7-14(8-10-16)12-18(22)21-25(23,24)13-15-5-4-6-17(20)11-15/h7-10,15,17H,4-6,11-13H2,1-3H3,(H,21,22). The first-order valence-corrected chi connectivity index (χ1v) is 10.5. The van der Waals surface area contributed by atoms with Gasteiger partial charge in [-0.2, -0.15) is 0 Å². The molecule has 2 rings (SSSR count). The van der Waals surface area contributed by atoms with Crippen LogP contribution >= 0.6 is 0 Å². The van der Waals surface area contributed by atoms with Crippen LogP contribution in [0.1, 0.15) is 57.6 Å². The van der Waals surface area contributed by atoms with Gasteiger partial charge in [0.2, 0.25) is 15.9 Å². The number of nitrogens with one attached hydrogen (secondary N) is 1. The highest BCUT2D eigenvalue weighted by atomic mass is 32.2.